The topological polar surface area (TPSA) is 70.1 Å². The van der Waals surface area contributed by atoms with E-state index in [9.17, 15) is 5.11 Å². The van der Waals surface area contributed by atoms with Crippen molar-refractivity contribution in [3.8, 4) is 11.3 Å². The lowest BCUT2D eigenvalue weighted by molar-refractivity contribution is 0.248. The molecule has 6 heteroatoms. The van der Waals surface area contributed by atoms with E-state index >= 15 is 0 Å². The van der Waals surface area contributed by atoms with Crippen LogP contribution in [0.1, 0.15) is 25.0 Å². The highest BCUT2D eigenvalue weighted by Gasteiger charge is 2.15. The molecule has 1 heterocycles. The molecule has 3 aromatic rings. The first-order valence-electron chi connectivity index (χ1n) is 9.73. The van der Waals surface area contributed by atoms with Gasteiger partial charge in [-0.1, -0.05) is 60.1 Å². The molecule has 0 radical (unpaired) electrons. The molecule has 29 heavy (non-hydrogen) atoms. The van der Waals surface area contributed by atoms with Crippen molar-refractivity contribution >= 4 is 33.4 Å². The van der Waals surface area contributed by atoms with Gasteiger partial charge >= 0.3 is 0 Å². The van der Waals surface area contributed by atoms with Crippen molar-refractivity contribution in [3.05, 3.63) is 64.1 Å². The van der Waals surface area contributed by atoms with Crippen LogP contribution in [0.15, 0.2) is 53.0 Å². The maximum absolute atomic E-state index is 9.71. The minimum absolute atomic E-state index is 0.0181. The molecule has 0 aliphatic heterocycles. The number of benzene rings is 2. The van der Waals surface area contributed by atoms with E-state index in [1.165, 1.54) is 0 Å². The second-order valence-electron chi connectivity index (χ2n) is 7.55. The van der Waals surface area contributed by atoms with Crippen LogP contribution in [0, 0.1) is 19.8 Å². The number of aliphatic hydroxyl groups excluding tert-OH is 1. The molecule has 152 valence electrons. The largest absolute Gasteiger partial charge is 0.394 e. The molecule has 0 spiro atoms. The van der Waals surface area contributed by atoms with Gasteiger partial charge in [-0.2, -0.15) is 4.98 Å². The van der Waals surface area contributed by atoms with Gasteiger partial charge in [0.15, 0.2) is 0 Å². The molecule has 2 aromatic carbocycles. The van der Waals surface area contributed by atoms with Gasteiger partial charge in [0.2, 0.25) is 5.95 Å². The molecule has 1 aromatic heterocycles. The number of aryl methyl sites for hydroxylation is 2. The molecule has 1 atom stereocenters. The number of anilines is 3. The predicted octanol–water partition coefficient (Wildman–Crippen LogP) is 5.70. The lowest BCUT2D eigenvalue weighted by Crippen LogP contribution is -2.30. The van der Waals surface area contributed by atoms with Crippen molar-refractivity contribution in [2.24, 2.45) is 5.92 Å². The number of rotatable bonds is 7. The number of nitrogens with zero attached hydrogens (tertiary/aromatic N) is 2. The highest BCUT2D eigenvalue weighted by Crippen LogP contribution is 2.29. The molecule has 0 fully saturated rings. The van der Waals surface area contributed by atoms with Gasteiger partial charge in [-0.3, -0.25) is 0 Å². The van der Waals surface area contributed by atoms with Crippen LogP contribution >= 0.6 is 15.9 Å². The summed E-state index contributed by atoms with van der Waals surface area (Å²) in [5.41, 5.74) is 5.11. The molecule has 5 nitrogen and oxygen atoms in total. The van der Waals surface area contributed by atoms with Crippen LogP contribution in [0.5, 0.6) is 0 Å². The smallest absolute Gasteiger partial charge is 0.225 e. The number of halogens is 1. The summed E-state index contributed by atoms with van der Waals surface area (Å²) in [6.07, 6.45) is 0. The summed E-state index contributed by atoms with van der Waals surface area (Å²) in [5.74, 6) is 1.45. The quantitative estimate of drug-likeness (QED) is 0.427. The summed E-state index contributed by atoms with van der Waals surface area (Å²) in [5, 5.41) is 16.5. The van der Waals surface area contributed by atoms with Crippen LogP contribution in [0.25, 0.3) is 11.3 Å². The van der Waals surface area contributed by atoms with Crippen LogP contribution in [0.2, 0.25) is 0 Å². The number of aromatic nitrogens is 2. The van der Waals surface area contributed by atoms with Crippen molar-refractivity contribution in [2.75, 3.05) is 17.2 Å². The summed E-state index contributed by atoms with van der Waals surface area (Å²) < 4.78 is 1.05. The first-order valence-corrected chi connectivity index (χ1v) is 10.5. The van der Waals surface area contributed by atoms with Crippen molar-refractivity contribution in [1.82, 2.24) is 9.97 Å². The normalized spacial score (nSPS) is 12.1. The van der Waals surface area contributed by atoms with Gasteiger partial charge in [0.1, 0.15) is 5.82 Å². The Hall–Kier alpha value is -2.44. The molecule has 0 unspecified atom stereocenters. The first kappa shape index (κ1) is 21.3. The van der Waals surface area contributed by atoms with E-state index in [1.54, 1.807) is 0 Å². The third-order valence-electron chi connectivity index (χ3n) is 4.86. The van der Waals surface area contributed by atoms with Gasteiger partial charge in [-0.15, -0.1) is 0 Å². The number of nitrogens with one attached hydrogen (secondary N) is 2. The molecule has 0 saturated heterocycles. The van der Waals surface area contributed by atoms with E-state index in [0.717, 1.165) is 32.5 Å². The Bertz CT molecular complexity index is 953. The minimum Gasteiger partial charge on any atom is -0.394 e. The fourth-order valence-electron chi connectivity index (χ4n) is 3.16. The second kappa shape index (κ2) is 9.37. The van der Waals surface area contributed by atoms with Crippen LogP contribution in [0.4, 0.5) is 17.5 Å². The van der Waals surface area contributed by atoms with Crippen molar-refractivity contribution in [2.45, 2.75) is 33.7 Å². The van der Waals surface area contributed by atoms with E-state index < -0.39 is 0 Å². The number of hydrogen-bond donors (Lipinski definition) is 3. The second-order valence-corrected chi connectivity index (χ2v) is 8.46. The third kappa shape index (κ3) is 5.34. The van der Waals surface area contributed by atoms with Gasteiger partial charge < -0.3 is 15.7 Å². The Balaban J connectivity index is 2.03. The van der Waals surface area contributed by atoms with E-state index in [1.807, 2.05) is 36.4 Å². The zero-order chi connectivity index (χ0) is 21.0. The Morgan fingerprint density at radius 1 is 1.00 bits per heavy atom. The molecule has 3 N–H and O–H groups in total. The fourth-order valence-corrected chi connectivity index (χ4v) is 3.84. The highest BCUT2D eigenvalue weighted by molar-refractivity contribution is 9.10. The van der Waals surface area contributed by atoms with E-state index in [0.29, 0.717) is 11.8 Å². The predicted molar refractivity (Wildman–Crippen MR) is 124 cm³/mol. The molecule has 0 aliphatic carbocycles. The van der Waals surface area contributed by atoms with E-state index in [2.05, 4.69) is 71.4 Å². The zero-order valence-electron chi connectivity index (χ0n) is 17.2. The number of hydrogen-bond acceptors (Lipinski definition) is 5. The summed E-state index contributed by atoms with van der Waals surface area (Å²) in [6.45, 7) is 8.27. The third-order valence-corrected chi connectivity index (χ3v) is 5.32. The fraction of sp³-hybridized carbons (Fsp3) is 0.304. The van der Waals surface area contributed by atoms with Crippen molar-refractivity contribution < 1.29 is 5.11 Å². The van der Waals surface area contributed by atoms with Gasteiger partial charge in [-0.05, 0) is 43.0 Å². The van der Waals surface area contributed by atoms with Crippen LogP contribution in [-0.4, -0.2) is 27.7 Å². The lowest BCUT2D eigenvalue weighted by Gasteiger charge is -2.21. The molecule has 0 amide bonds. The Morgan fingerprint density at radius 3 is 2.24 bits per heavy atom. The zero-order valence-corrected chi connectivity index (χ0v) is 18.8. The Morgan fingerprint density at radius 2 is 1.66 bits per heavy atom. The minimum atomic E-state index is -0.120. The molecule has 0 bridgehead atoms. The molecular weight excluding hydrogens is 428 g/mol. The van der Waals surface area contributed by atoms with Gasteiger partial charge in [-0.25, -0.2) is 4.98 Å². The summed E-state index contributed by atoms with van der Waals surface area (Å²) in [6, 6.07) is 16.0. The van der Waals surface area contributed by atoms with Crippen molar-refractivity contribution in [3.63, 3.8) is 0 Å². The van der Waals surface area contributed by atoms with Crippen LogP contribution in [-0.2, 0) is 0 Å². The SMILES string of the molecule is Cc1cc(Br)cc(C)c1Nc1cc(-c2ccccc2)nc(N[C@@H](CO)C(C)C)n1. The summed E-state index contributed by atoms with van der Waals surface area (Å²) in [7, 11) is 0. The Kier molecular flexibility index (Phi) is 6.87. The average molecular weight is 455 g/mol. The molecule has 3 rings (SSSR count). The standard InChI is InChI=1S/C23H27BrN4O/c1-14(2)20(13-29)26-23-25-19(17-8-6-5-7-9-17)12-21(28-23)27-22-15(3)10-18(24)11-16(22)4/h5-12,14,20,29H,13H2,1-4H3,(H2,25,26,27,28)/t20-/m0/s1. The lowest BCUT2D eigenvalue weighted by atomic mass is 10.1. The molecule has 0 aliphatic rings. The van der Waals surface area contributed by atoms with Crippen LogP contribution < -0.4 is 10.6 Å². The van der Waals surface area contributed by atoms with Crippen LogP contribution in [0.3, 0.4) is 0 Å². The van der Waals surface area contributed by atoms with E-state index in [4.69, 9.17) is 4.98 Å². The Labute approximate surface area is 180 Å². The van der Waals surface area contributed by atoms with Gasteiger partial charge in [0.25, 0.3) is 0 Å². The maximum Gasteiger partial charge on any atom is 0.225 e. The molecular formula is C23H27BrN4O. The van der Waals surface area contributed by atoms with Crippen molar-refractivity contribution in [1.29, 1.82) is 0 Å². The highest BCUT2D eigenvalue weighted by atomic mass is 79.9. The summed E-state index contributed by atoms with van der Waals surface area (Å²) in [4.78, 5) is 9.37. The summed E-state index contributed by atoms with van der Waals surface area (Å²) >= 11 is 3.55. The monoisotopic (exact) mass is 454 g/mol. The molecule has 0 saturated carbocycles. The maximum atomic E-state index is 9.71. The first-order chi connectivity index (χ1) is 13.9. The van der Waals surface area contributed by atoms with E-state index in [-0.39, 0.29) is 18.6 Å². The van der Waals surface area contributed by atoms with Gasteiger partial charge in [0, 0.05) is 21.8 Å². The number of aliphatic hydroxyl groups is 1. The average Bonchev–Trinajstić information content (AvgIpc) is 2.69. The van der Waals surface area contributed by atoms with Gasteiger partial charge in [0.05, 0.1) is 18.3 Å².